The molecule has 0 atom stereocenters. The number of rotatable bonds is 6. The average Bonchev–Trinajstić information content (AvgIpc) is 2.68. The first-order chi connectivity index (χ1) is 13.0. The molecule has 0 radical (unpaired) electrons. The zero-order chi connectivity index (χ0) is 19.5. The molecule has 2 aliphatic rings. The predicted octanol–water partition coefficient (Wildman–Crippen LogP) is 2.76. The van der Waals surface area contributed by atoms with E-state index < -0.39 is 6.16 Å². The van der Waals surface area contributed by atoms with Crippen LogP contribution in [0.1, 0.15) is 32.1 Å². The van der Waals surface area contributed by atoms with Crippen molar-refractivity contribution in [2.45, 2.75) is 38.1 Å². The molecule has 3 rings (SSSR count). The summed E-state index contributed by atoms with van der Waals surface area (Å²) in [7, 11) is 0. The number of anilines is 1. The van der Waals surface area contributed by atoms with Gasteiger partial charge in [0.05, 0.1) is 13.1 Å². The van der Waals surface area contributed by atoms with Crippen LogP contribution in [0.25, 0.3) is 0 Å². The number of ketones is 1. The molecule has 1 saturated heterocycles. The number of carbonyl (C=O) groups is 2. The molecule has 1 aromatic heterocycles. The van der Waals surface area contributed by atoms with Crippen molar-refractivity contribution < 1.29 is 19.8 Å². The third-order valence-corrected chi connectivity index (χ3v) is 4.99. The number of carbonyl (C=O) groups excluding carboxylic acids is 1. The van der Waals surface area contributed by atoms with Gasteiger partial charge in [-0.2, -0.15) is 0 Å². The van der Waals surface area contributed by atoms with Gasteiger partial charge in [0, 0.05) is 50.3 Å². The lowest BCUT2D eigenvalue weighted by Crippen LogP contribution is -2.49. The molecule has 2 heterocycles. The molecule has 1 aliphatic carbocycles. The van der Waals surface area contributed by atoms with Gasteiger partial charge in [0.15, 0.2) is 5.78 Å². The number of Topliss-reactive ketones (excluding diaryl/α,β-unsaturated/α-hetero) is 1. The van der Waals surface area contributed by atoms with Gasteiger partial charge in [-0.15, -0.1) is 24.8 Å². The fourth-order valence-electron chi connectivity index (χ4n) is 3.59. The Balaban J connectivity index is 0.00000120. The maximum absolute atomic E-state index is 12.2. The minimum absolute atomic E-state index is 0. The van der Waals surface area contributed by atoms with E-state index in [1.165, 1.54) is 37.8 Å². The average molecular weight is 451 g/mol. The molecular formula is C19H32Cl2N4O4. The number of aromatic nitrogens is 1. The van der Waals surface area contributed by atoms with Crippen LogP contribution in [-0.2, 0) is 4.79 Å². The molecule has 8 nitrogen and oxygen atoms in total. The van der Waals surface area contributed by atoms with Crippen molar-refractivity contribution in [3.05, 3.63) is 24.5 Å². The molecule has 166 valence electrons. The van der Waals surface area contributed by atoms with Crippen LogP contribution >= 0.6 is 24.8 Å². The summed E-state index contributed by atoms with van der Waals surface area (Å²) in [6, 6.07) is 4.67. The lowest BCUT2D eigenvalue weighted by Gasteiger charge is -2.35. The van der Waals surface area contributed by atoms with Gasteiger partial charge >= 0.3 is 6.16 Å². The first kappa shape index (κ1) is 27.4. The molecule has 0 bridgehead atoms. The van der Waals surface area contributed by atoms with Crippen molar-refractivity contribution in [2.24, 2.45) is 0 Å². The maximum atomic E-state index is 12.2. The van der Waals surface area contributed by atoms with Gasteiger partial charge in [-0.05, 0) is 25.0 Å². The largest absolute Gasteiger partial charge is 0.503 e. The van der Waals surface area contributed by atoms with Gasteiger partial charge in [0.2, 0.25) is 0 Å². The molecule has 0 amide bonds. The maximum Gasteiger partial charge on any atom is 0.503 e. The summed E-state index contributed by atoms with van der Waals surface area (Å²) in [6.07, 6.45) is 8.28. The van der Waals surface area contributed by atoms with E-state index in [9.17, 15) is 4.79 Å². The van der Waals surface area contributed by atoms with Gasteiger partial charge in [-0.3, -0.25) is 14.7 Å². The first-order valence-corrected chi connectivity index (χ1v) is 9.59. The summed E-state index contributed by atoms with van der Waals surface area (Å²) < 4.78 is 0. The van der Waals surface area contributed by atoms with Crippen molar-refractivity contribution in [3.63, 3.8) is 0 Å². The number of hydrogen-bond acceptors (Lipinski definition) is 6. The fourth-order valence-corrected chi connectivity index (χ4v) is 3.59. The zero-order valence-electron chi connectivity index (χ0n) is 16.5. The van der Waals surface area contributed by atoms with E-state index in [1.54, 1.807) is 0 Å². The fraction of sp³-hybridized carbons (Fsp3) is 0.632. The van der Waals surface area contributed by atoms with E-state index >= 15 is 0 Å². The Kier molecular flexibility index (Phi) is 14.4. The topological polar surface area (TPSA) is 106 Å². The molecule has 10 heteroatoms. The van der Waals surface area contributed by atoms with Gasteiger partial charge in [-0.1, -0.05) is 19.3 Å². The molecule has 29 heavy (non-hydrogen) atoms. The van der Waals surface area contributed by atoms with Gasteiger partial charge in [0.25, 0.3) is 0 Å². The first-order valence-electron chi connectivity index (χ1n) is 9.59. The minimum Gasteiger partial charge on any atom is -0.450 e. The van der Waals surface area contributed by atoms with Crippen molar-refractivity contribution in [2.75, 3.05) is 44.2 Å². The summed E-state index contributed by atoms with van der Waals surface area (Å²) in [5.74, 6) is 0.327. The lowest BCUT2D eigenvalue weighted by molar-refractivity contribution is -0.119. The summed E-state index contributed by atoms with van der Waals surface area (Å²) in [6.45, 7) is 4.99. The number of nitrogens with one attached hydrogen (secondary N) is 1. The van der Waals surface area contributed by atoms with E-state index in [0.717, 1.165) is 26.2 Å². The quantitative estimate of drug-likeness (QED) is 0.607. The second-order valence-corrected chi connectivity index (χ2v) is 7.01. The van der Waals surface area contributed by atoms with Gasteiger partial charge in [0.1, 0.15) is 0 Å². The van der Waals surface area contributed by atoms with Crippen molar-refractivity contribution in [1.29, 1.82) is 0 Å². The van der Waals surface area contributed by atoms with Crippen molar-refractivity contribution in [3.8, 4) is 0 Å². The molecule has 2 fully saturated rings. The van der Waals surface area contributed by atoms with E-state index in [0.29, 0.717) is 24.9 Å². The van der Waals surface area contributed by atoms with Crippen LogP contribution in [0.15, 0.2) is 24.5 Å². The van der Waals surface area contributed by atoms with Crippen LogP contribution in [0.2, 0.25) is 0 Å². The number of carboxylic acid groups (broad SMARTS) is 2. The van der Waals surface area contributed by atoms with E-state index in [-0.39, 0.29) is 24.8 Å². The van der Waals surface area contributed by atoms with Gasteiger partial charge < -0.3 is 20.4 Å². The number of hydrogen-bond donors (Lipinski definition) is 3. The summed E-state index contributed by atoms with van der Waals surface area (Å²) in [5.41, 5.74) is 1.23. The Morgan fingerprint density at radius 2 is 1.55 bits per heavy atom. The standard InChI is InChI=1S/C18H28N4O.CH2O3.2ClH/c23-18(14-20-16-4-2-1-3-5-16)15-21-10-12-22(13-11-21)17-6-8-19-9-7-17;2-1(3)4;;/h6-9,16,20H,1-5,10-15H2;(H2,2,3,4);2*1H. The number of piperazine rings is 1. The van der Waals surface area contributed by atoms with Crippen LogP contribution in [0.5, 0.6) is 0 Å². The second kappa shape index (κ2) is 15.3. The van der Waals surface area contributed by atoms with Crippen LogP contribution in [0.4, 0.5) is 10.5 Å². The van der Waals surface area contributed by atoms with Crippen molar-refractivity contribution >= 4 is 42.4 Å². The zero-order valence-corrected chi connectivity index (χ0v) is 18.2. The molecule has 1 saturated carbocycles. The highest BCUT2D eigenvalue weighted by atomic mass is 35.5. The third kappa shape index (κ3) is 11.2. The molecular weight excluding hydrogens is 419 g/mol. The van der Waals surface area contributed by atoms with Crippen LogP contribution < -0.4 is 10.2 Å². The molecule has 0 unspecified atom stereocenters. The number of pyridine rings is 1. The van der Waals surface area contributed by atoms with E-state index in [2.05, 4.69) is 32.2 Å². The Morgan fingerprint density at radius 1 is 1.00 bits per heavy atom. The van der Waals surface area contributed by atoms with E-state index in [4.69, 9.17) is 15.0 Å². The van der Waals surface area contributed by atoms with Crippen molar-refractivity contribution in [1.82, 2.24) is 15.2 Å². The normalized spacial score (nSPS) is 17.2. The monoisotopic (exact) mass is 450 g/mol. The summed E-state index contributed by atoms with van der Waals surface area (Å²) >= 11 is 0. The smallest absolute Gasteiger partial charge is 0.450 e. The predicted molar refractivity (Wildman–Crippen MR) is 118 cm³/mol. The van der Waals surface area contributed by atoms with Crippen LogP contribution in [0.3, 0.4) is 0 Å². The Bertz CT molecular complexity index is 577. The third-order valence-electron chi connectivity index (χ3n) is 4.99. The number of nitrogens with zero attached hydrogens (tertiary/aromatic N) is 3. The molecule has 1 aromatic rings. The highest BCUT2D eigenvalue weighted by Gasteiger charge is 2.20. The van der Waals surface area contributed by atoms with E-state index in [1.807, 2.05) is 12.4 Å². The SMILES string of the molecule is Cl.Cl.O=C(CNC1CCCCC1)CN1CCN(c2ccncc2)CC1.O=C(O)O. The molecule has 1 aliphatic heterocycles. The summed E-state index contributed by atoms with van der Waals surface area (Å²) in [4.78, 5) is 29.4. The molecule has 3 N–H and O–H groups in total. The molecule has 0 spiro atoms. The molecule has 0 aromatic carbocycles. The van der Waals surface area contributed by atoms with Crippen LogP contribution in [0, 0.1) is 0 Å². The Morgan fingerprint density at radius 3 is 2.10 bits per heavy atom. The Labute approximate surface area is 184 Å². The second-order valence-electron chi connectivity index (χ2n) is 7.01. The number of halogens is 2. The van der Waals surface area contributed by atoms with Gasteiger partial charge in [-0.25, -0.2) is 4.79 Å². The summed E-state index contributed by atoms with van der Waals surface area (Å²) in [5, 5.41) is 17.4. The lowest BCUT2D eigenvalue weighted by atomic mass is 9.95. The highest BCUT2D eigenvalue weighted by Crippen LogP contribution is 2.17. The van der Waals surface area contributed by atoms with Crippen LogP contribution in [-0.4, -0.2) is 77.3 Å². The Hall–Kier alpha value is -1.61. The highest BCUT2D eigenvalue weighted by molar-refractivity contribution is 5.85. The minimum atomic E-state index is -1.83.